The van der Waals surface area contributed by atoms with Crippen molar-refractivity contribution in [3.05, 3.63) is 103 Å². The number of benzene rings is 3. The lowest BCUT2D eigenvalue weighted by Gasteiger charge is -2.10. The molecule has 252 valence electrons. The van der Waals surface area contributed by atoms with Crippen LogP contribution in [0.1, 0.15) is 33.4 Å². The molecule has 0 aliphatic rings. The number of hydrogen-bond acceptors (Lipinski definition) is 6. The van der Waals surface area contributed by atoms with Crippen LogP contribution < -0.4 is 0 Å². The van der Waals surface area contributed by atoms with Crippen molar-refractivity contribution in [3.8, 4) is 0 Å². The minimum absolute atomic E-state index is 0.543. The van der Waals surface area contributed by atoms with E-state index in [1.807, 2.05) is 0 Å². The van der Waals surface area contributed by atoms with Crippen molar-refractivity contribution in [3.63, 3.8) is 0 Å². The standard InChI is InChI=1S/C10H10F4O2.C9H8F4O2.C8H6F4O2/c1-15-3-5-7(11)9(13)6(4-16-2)10(14)8(5)12;1-15-3-5-8(12)6(10)4(2-14)7(11)9(5)13;9-5-3(1-13)6(10)8(12)4(2-14)7(5)11/h3-4H2,1-2H3;14H,2-3H2,1H3;13-14H,1-2H2. The van der Waals surface area contributed by atoms with Gasteiger partial charge < -0.3 is 29.5 Å². The molecule has 18 heteroatoms. The molecular formula is C27H24F12O6. The highest BCUT2D eigenvalue weighted by Gasteiger charge is 2.26. The van der Waals surface area contributed by atoms with Crippen LogP contribution in [0.2, 0.25) is 0 Å². The van der Waals surface area contributed by atoms with Gasteiger partial charge in [0.1, 0.15) is 0 Å². The molecule has 0 fully saturated rings. The van der Waals surface area contributed by atoms with E-state index in [2.05, 4.69) is 14.2 Å². The summed E-state index contributed by atoms with van der Waals surface area (Å²) in [6.45, 7) is -5.10. The molecule has 0 aliphatic carbocycles. The molecule has 3 aromatic rings. The fourth-order valence-electron chi connectivity index (χ4n) is 3.40. The lowest BCUT2D eigenvalue weighted by Crippen LogP contribution is -2.10. The van der Waals surface area contributed by atoms with Crippen LogP contribution in [0.4, 0.5) is 52.7 Å². The van der Waals surface area contributed by atoms with Crippen LogP contribution in [0.3, 0.4) is 0 Å². The molecule has 3 aromatic carbocycles. The molecule has 3 N–H and O–H groups in total. The quantitative estimate of drug-likeness (QED) is 0.202. The van der Waals surface area contributed by atoms with E-state index < -0.39 is 143 Å². The van der Waals surface area contributed by atoms with E-state index in [0.29, 0.717) is 0 Å². The van der Waals surface area contributed by atoms with Crippen molar-refractivity contribution in [1.82, 2.24) is 0 Å². The minimum Gasteiger partial charge on any atom is -0.391 e. The molecule has 0 unspecified atom stereocenters. The highest BCUT2D eigenvalue weighted by atomic mass is 19.2. The maximum absolute atomic E-state index is 13.3. The van der Waals surface area contributed by atoms with Crippen LogP contribution in [0.5, 0.6) is 0 Å². The second kappa shape index (κ2) is 17.9. The number of hydrogen-bond donors (Lipinski definition) is 3. The Morgan fingerprint density at radius 3 is 0.556 bits per heavy atom. The number of rotatable bonds is 9. The van der Waals surface area contributed by atoms with Gasteiger partial charge in [0, 0.05) is 21.3 Å². The van der Waals surface area contributed by atoms with Crippen LogP contribution in [0.15, 0.2) is 0 Å². The Morgan fingerprint density at radius 2 is 0.444 bits per heavy atom. The van der Waals surface area contributed by atoms with E-state index in [0.717, 1.165) is 21.3 Å². The summed E-state index contributed by atoms with van der Waals surface area (Å²) in [4.78, 5) is 0. The highest BCUT2D eigenvalue weighted by Crippen LogP contribution is 2.27. The Balaban J connectivity index is 0.000000338. The number of aliphatic hydroxyl groups excluding tert-OH is 3. The van der Waals surface area contributed by atoms with E-state index in [-0.39, 0.29) is 0 Å². The van der Waals surface area contributed by atoms with Gasteiger partial charge in [-0.2, -0.15) is 0 Å². The third kappa shape index (κ3) is 8.65. The van der Waals surface area contributed by atoms with E-state index in [9.17, 15) is 52.7 Å². The zero-order valence-corrected chi connectivity index (χ0v) is 23.3. The summed E-state index contributed by atoms with van der Waals surface area (Å²) in [5, 5.41) is 25.4. The SMILES string of the molecule is COCc1c(F)c(F)c(CO)c(F)c1F.COCc1c(F)c(F)c(COC)c(F)c1F.OCc1c(F)c(F)c(CO)c(F)c1F. The van der Waals surface area contributed by atoms with Crippen molar-refractivity contribution >= 4 is 0 Å². The molecule has 0 spiro atoms. The molecule has 45 heavy (non-hydrogen) atoms. The van der Waals surface area contributed by atoms with Gasteiger partial charge in [0.05, 0.1) is 73.0 Å². The molecule has 0 atom stereocenters. The first-order chi connectivity index (χ1) is 21.1. The molecule has 0 heterocycles. The van der Waals surface area contributed by atoms with Gasteiger partial charge in [0.2, 0.25) is 0 Å². The summed E-state index contributed by atoms with van der Waals surface area (Å²) < 4.78 is 170. The first-order valence-corrected chi connectivity index (χ1v) is 11.9. The molecule has 0 aromatic heterocycles. The van der Waals surface area contributed by atoms with Crippen molar-refractivity contribution in [1.29, 1.82) is 0 Å². The zero-order valence-electron chi connectivity index (χ0n) is 23.3. The lowest BCUT2D eigenvalue weighted by atomic mass is 10.1. The summed E-state index contributed by atoms with van der Waals surface area (Å²) in [6, 6.07) is 0. The van der Waals surface area contributed by atoms with Crippen molar-refractivity contribution in [2.75, 3.05) is 21.3 Å². The third-order valence-corrected chi connectivity index (χ3v) is 5.68. The van der Waals surface area contributed by atoms with Gasteiger partial charge in [-0.3, -0.25) is 0 Å². The Labute approximate surface area is 247 Å². The topological polar surface area (TPSA) is 88.4 Å². The highest BCUT2D eigenvalue weighted by molar-refractivity contribution is 5.31. The summed E-state index contributed by atoms with van der Waals surface area (Å²) in [7, 11) is 3.46. The minimum atomic E-state index is -1.68. The molecule has 0 bridgehead atoms. The first kappa shape index (κ1) is 39.6. The zero-order chi connectivity index (χ0) is 34.8. The van der Waals surface area contributed by atoms with Gasteiger partial charge in [0.15, 0.2) is 69.8 Å². The van der Waals surface area contributed by atoms with E-state index >= 15 is 0 Å². The molecule has 0 saturated heterocycles. The Hall–Kier alpha value is -3.42. The molecular weight excluding hydrogens is 648 g/mol. The average molecular weight is 672 g/mol. The fraction of sp³-hybridized carbons (Fsp3) is 0.333. The second-order valence-electron chi connectivity index (χ2n) is 8.41. The molecule has 6 nitrogen and oxygen atoms in total. The molecule has 0 amide bonds. The van der Waals surface area contributed by atoms with Crippen molar-refractivity contribution < 1.29 is 82.2 Å². The Bertz CT molecular complexity index is 1330. The van der Waals surface area contributed by atoms with Gasteiger partial charge in [-0.1, -0.05) is 0 Å². The molecule has 0 saturated carbocycles. The summed E-state index contributed by atoms with van der Waals surface area (Å²) in [6.07, 6.45) is 0. The van der Waals surface area contributed by atoms with E-state index in [4.69, 9.17) is 15.3 Å². The summed E-state index contributed by atoms with van der Waals surface area (Å²) >= 11 is 0. The maximum Gasteiger partial charge on any atom is 0.167 e. The lowest BCUT2D eigenvalue weighted by molar-refractivity contribution is 0.166. The van der Waals surface area contributed by atoms with E-state index in [1.54, 1.807) is 0 Å². The van der Waals surface area contributed by atoms with E-state index in [1.165, 1.54) is 0 Å². The van der Waals surface area contributed by atoms with Gasteiger partial charge in [-0.25, -0.2) is 52.7 Å². The number of halogens is 12. The van der Waals surface area contributed by atoms with Gasteiger partial charge in [0.25, 0.3) is 0 Å². The van der Waals surface area contributed by atoms with Crippen molar-refractivity contribution in [2.45, 2.75) is 39.6 Å². The van der Waals surface area contributed by atoms with Crippen molar-refractivity contribution in [2.24, 2.45) is 0 Å². The predicted molar refractivity (Wildman–Crippen MR) is 129 cm³/mol. The Morgan fingerprint density at radius 1 is 0.311 bits per heavy atom. The molecule has 0 radical (unpaired) electrons. The van der Waals surface area contributed by atoms with Gasteiger partial charge in [-0.15, -0.1) is 0 Å². The van der Waals surface area contributed by atoms with Gasteiger partial charge >= 0.3 is 0 Å². The van der Waals surface area contributed by atoms with Crippen LogP contribution in [0.25, 0.3) is 0 Å². The van der Waals surface area contributed by atoms with Crippen LogP contribution in [0, 0.1) is 69.8 Å². The van der Waals surface area contributed by atoms with Crippen LogP contribution >= 0.6 is 0 Å². The first-order valence-electron chi connectivity index (χ1n) is 11.9. The smallest absolute Gasteiger partial charge is 0.167 e. The summed E-state index contributed by atoms with van der Waals surface area (Å²) in [5.74, 6) is -18.8. The van der Waals surface area contributed by atoms with Gasteiger partial charge in [-0.05, 0) is 0 Å². The number of aliphatic hydroxyl groups is 3. The molecule has 0 aliphatic heterocycles. The number of ether oxygens (including phenoxy) is 3. The largest absolute Gasteiger partial charge is 0.391 e. The monoisotopic (exact) mass is 672 g/mol. The second-order valence-corrected chi connectivity index (χ2v) is 8.41. The average Bonchev–Trinajstić information content (AvgIpc) is 3.02. The maximum atomic E-state index is 13.3. The third-order valence-electron chi connectivity index (χ3n) is 5.68. The fourth-order valence-corrected chi connectivity index (χ4v) is 3.40. The molecule has 3 rings (SSSR count). The Kier molecular flexibility index (Phi) is 15.8. The number of methoxy groups -OCH3 is 3. The van der Waals surface area contributed by atoms with Crippen LogP contribution in [-0.4, -0.2) is 36.6 Å². The normalized spacial score (nSPS) is 10.8. The summed E-state index contributed by atoms with van der Waals surface area (Å²) in [5.41, 5.74) is -5.56. The predicted octanol–water partition coefficient (Wildman–Crippen LogP) is 5.65. The van der Waals surface area contributed by atoms with Crippen LogP contribution in [-0.2, 0) is 53.9 Å².